The molecule has 4 atom stereocenters. The maximum atomic E-state index is 15.4. The van der Waals surface area contributed by atoms with Crippen molar-refractivity contribution in [3.63, 3.8) is 0 Å². The molecule has 1 aliphatic carbocycles. The number of amidine groups is 4. The van der Waals surface area contributed by atoms with E-state index in [9.17, 15) is 38.4 Å². The topological polar surface area (TPSA) is 352 Å². The van der Waals surface area contributed by atoms with Gasteiger partial charge in [0.05, 0.1) is 0 Å². The van der Waals surface area contributed by atoms with Crippen molar-refractivity contribution >= 4 is 94.5 Å². The Kier molecular flexibility index (Phi) is 23.4. The normalized spacial score (nSPS) is 17.5. The van der Waals surface area contributed by atoms with Crippen molar-refractivity contribution in [3.05, 3.63) is 257 Å². The van der Waals surface area contributed by atoms with Crippen LogP contribution in [0.3, 0.4) is 0 Å². The Hall–Kier alpha value is -14.8. The highest BCUT2D eigenvalue weighted by Gasteiger charge is 2.54. The molecule has 4 heterocycles. The molecule has 0 aromatic heterocycles. The summed E-state index contributed by atoms with van der Waals surface area (Å²) in [5.74, 6) is -28.5. The summed E-state index contributed by atoms with van der Waals surface area (Å²) < 4.78 is 209. The third-order valence-electron chi connectivity index (χ3n) is 19.7. The molecule has 0 saturated carbocycles. The van der Waals surface area contributed by atoms with E-state index in [-0.39, 0.29) is 42.3 Å². The van der Waals surface area contributed by atoms with Gasteiger partial charge < -0.3 is 40.2 Å². The molecule has 4 N–H and O–H groups in total. The molecule has 124 heavy (non-hydrogen) atoms. The van der Waals surface area contributed by atoms with E-state index in [1.165, 1.54) is 97.1 Å². The minimum Gasteiger partial charge on any atom is -0.426 e. The van der Waals surface area contributed by atoms with E-state index in [1.807, 2.05) is 0 Å². The summed E-state index contributed by atoms with van der Waals surface area (Å²) in [6.45, 7) is 9.63. The second-order valence-electron chi connectivity index (χ2n) is 29.2. The molecule has 13 rings (SSSR count). The van der Waals surface area contributed by atoms with Crippen molar-refractivity contribution in [2.24, 2.45) is 20.4 Å². The first-order chi connectivity index (χ1) is 58.2. The van der Waals surface area contributed by atoms with Crippen molar-refractivity contribution in [1.82, 2.24) is 41.3 Å². The number of aryl methyl sites for hydroxylation is 4. The first-order valence-electron chi connectivity index (χ1n) is 37.0. The fourth-order valence-corrected chi connectivity index (χ4v) is 14.4. The number of benzene rings is 8. The highest BCUT2D eigenvalue weighted by Crippen LogP contribution is 2.47. The Morgan fingerprint density at radius 2 is 0.444 bits per heavy atom. The van der Waals surface area contributed by atoms with Gasteiger partial charge in [-0.3, -0.25) is 57.5 Å². The van der Waals surface area contributed by atoms with Gasteiger partial charge in [0.25, 0.3) is 23.6 Å². The van der Waals surface area contributed by atoms with Gasteiger partial charge in [0.15, 0.2) is 47.5 Å². The quantitative estimate of drug-likeness (QED) is 0.0501. The molecule has 5 aliphatic rings. The number of hydrogen-bond acceptors (Lipinski definition) is 20. The third kappa shape index (κ3) is 18.3. The maximum absolute atomic E-state index is 15.4. The first kappa shape index (κ1) is 87.1. The lowest BCUT2D eigenvalue weighted by Crippen LogP contribution is -2.52. The van der Waals surface area contributed by atoms with Crippen molar-refractivity contribution in [2.75, 3.05) is 0 Å². The lowest BCUT2D eigenvalue weighted by Gasteiger charge is -2.34. The number of hydrazone groups is 4. The Bertz CT molecular complexity index is 5190. The monoisotopic (exact) mass is 1720 g/mol. The molecule has 28 nitrogen and oxygen atoms in total. The number of fused-ring (bicyclic) bond motifs is 8. The third-order valence-corrected chi connectivity index (χ3v) is 19.7. The molecule has 0 saturated heterocycles. The summed E-state index contributed by atoms with van der Waals surface area (Å²) in [5, 5.41) is 24.3. The van der Waals surface area contributed by atoms with Crippen molar-refractivity contribution in [3.8, 4) is 23.0 Å². The van der Waals surface area contributed by atoms with E-state index in [2.05, 4.69) is 41.7 Å². The van der Waals surface area contributed by atoms with Crippen LogP contribution in [0.2, 0.25) is 0 Å². The molecular formula is C84H64F12N12O16. The maximum Gasteiger partial charge on any atom is 0.473 e. The lowest BCUT2D eigenvalue weighted by atomic mass is 9.85. The van der Waals surface area contributed by atoms with Crippen molar-refractivity contribution < 1.29 is 129 Å². The zero-order valence-corrected chi connectivity index (χ0v) is 65.6. The van der Waals surface area contributed by atoms with Gasteiger partial charge in [-0.1, -0.05) is 119 Å². The number of esters is 4. The van der Waals surface area contributed by atoms with Gasteiger partial charge >= 0.3 is 72.2 Å². The second kappa shape index (κ2) is 33.3. The molecule has 8 amide bonds. The number of alkyl halides is 12. The van der Waals surface area contributed by atoms with Crippen molar-refractivity contribution in [2.45, 2.75) is 130 Å². The van der Waals surface area contributed by atoms with Crippen LogP contribution in [0, 0.1) is 27.7 Å². The van der Waals surface area contributed by atoms with Gasteiger partial charge in [0, 0.05) is 120 Å². The number of carbonyl (C=O) groups is 12. The van der Waals surface area contributed by atoms with Crippen LogP contribution in [0.25, 0.3) is 0 Å². The number of nitrogens with one attached hydrogen (secondary N) is 4. The predicted molar refractivity (Wildman–Crippen MR) is 408 cm³/mol. The largest absolute Gasteiger partial charge is 0.473 e. The molecular weight excluding hydrogens is 1660 g/mol. The Labute approximate surface area is 692 Å². The van der Waals surface area contributed by atoms with E-state index in [1.54, 1.807) is 27.7 Å². The minimum absolute atomic E-state index is 0.0834. The van der Waals surface area contributed by atoms with Crippen LogP contribution < -0.4 is 40.2 Å². The zero-order chi connectivity index (χ0) is 90.0. The van der Waals surface area contributed by atoms with Gasteiger partial charge in [-0.05, 0) is 98.5 Å². The Morgan fingerprint density at radius 1 is 0.290 bits per heavy atom. The molecule has 640 valence electrons. The van der Waals surface area contributed by atoms with Crippen LogP contribution in [0.5, 0.6) is 23.0 Å². The van der Waals surface area contributed by atoms with Gasteiger partial charge in [0.2, 0.25) is 0 Å². The first-order valence-corrected chi connectivity index (χ1v) is 37.0. The summed E-state index contributed by atoms with van der Waals surface area (Å²) in [5.41, 5.74) is -6.39. The molecule has 0 spiro atoms. The summed E-state index contributed by atoms with van der Waals surface area (Å²) in [6, 6.07) is 17.9. The number of carbonyl (C=O) groups excluding carboxylic acids is 12. The molecule has 4 unspecified atom stereocenters. The SMILES string of the molecule is CC(=O)Oc1c2cc(C3C(=O)NC(c4ccc(C)cc4)=NN3C(=O)C(F)(F)F)cc1Cc1cc(C3C(=O)NC(c4ccc(C)cc4)=NN3C(=O)C(F)(F)F)cc(c1OC(C)=O)Cc1cc(C3C(=O)NC(c4ccc(C)cc4)=NN3C(=O)C(F)(F)F)cc(c1OC(C)=O)Cc1cc(C3C(=O)NC(c4ccc(C)cc4)=NN3C(=O)C(F)(F)F)cc(c1OC(C)=O)C2. The Morgan fingerprint density at radius 3 is 0.581 bits per heavy atom. The standard InChI is InChI=1S/C84H64F12N12O16/c1-37-9-17-45(18-10-37)69-97-73(113)61(105(101-69)77(117)81(85,86)87)49-25-53-33-55-27-50(62-74(114)98-70(46-19-11-38(2)12-20-46)102-106(62)78(118)82(88,89)90)29-57(66(55)122-42(6)110)35-59-31-52(64-76(116)100-72(48-23-15-40(4)16-24-48)104-108(64)80(120)84(94,95)96)32-60(68(59)124-44(8)112)36-58-30-51(28-56(67(58)123-43(7)111)34-54(26-49)65(53)121-41(5)109)63-75(115)99-71(47-21-13-39(3)14-22-47)103-107(63)79(119)83(91,92)93/h9-32,61-64H,33-36H2,1-8H3,(H,97,101,113)(H,98,102,114)(H,99,103,115)(H,100,104,116). The number of hydrogen-bond donors (Lipinski definition) is 4. The summed E-state index contributed by atoms with van der Waals surface area (Å²) in [6.07, 6.45) is -28.5. The molecule has 0 radical (unpaired) electrons. The minimum atomic E-state index is -5.93. The highest BCUT2D eigenvalue weighted by molar-refractivity contribution is 6.15. The Balaban J connectivity index is 1.19. The van der Waals surface area contributed by atoms with Gasteiger partial charge in [-0.2, -0.15) is 73.1 Å². The van der Waals surface area contributed by atoms with Crippen LogP contribution in [0.1, 0.15) is 163 Å². The molecule has 8 bridgehead atoms. The molecule has 0 fully saturated rings. The summed E-state index contributed by atoms with van der Waals surface area (Å²) >= 11 is 0. The van der Waals surface area contributed by atoms with E-state index < -0.39 is 259 Å². The lowest BCUT2D eigenvalue weighted by molar-refractivity contribution is -0.189. The van der Waals surface area contributed by atoms with E-state index in [4.69, 9.17) is 18.9 Å². The average Bonchev–Trinajstić information content (AvgIpc) is 0.750. The smallest absolute Gasteiger partial charge is 0.426 e. The number of halogens is 12. The average molecular weight is 1730 g/mol. The fourth-order valence-electron chi connectivity index (χ4n) is 14.4. The number of ether oxygens (including phenoxy) is 4. The van der Waals surface area contributed by atoms with Crippen LogP contribution in [0.4, 0.5) is 52.7 Å². The molecule has 40 heteroatoms. The van der Waals surface area contributed by atoms with Crippen LogP contribution >= 0.6 is 0 Å². The molecule has 8 aromatic carbocycles. The highest BCUT2D eigenvalue weighted by atomic mass is 19.4. The van der Waals surface area contributed by atoms with Gasteiger partial charge in [-0.15, -0.1) is 0 Å². The summed E-state index contributed by atoms with van der Waals surface area (Å²) in [4.78, 5) is 174. The van der Waals surface area contributed by atoms with Gasteiger partial charge in [-0.25, -0.2) is 20.0 Å². The van der Waals surface area contributed by atoms with E-state index in [0.29, 0.717) is 22.3 Å². The van der Waals surface area contributed by atoms with E-state index in [0.717, 1.165) is 76.2 Å². The predicted octanol–water partition coefficient (Wildman–Crippen LogP) is 11.0. The molecule has 4 aliphatic heterocycles. The second-order valence-corrected chi connectivity index (χ2v) is 29.2. The van der Waals surface area contributed by atoms with Gasteiger partial charge in [0.1, 0.15) is 23.0 Å². The van der Waals surface area contributed by atoms with E-state index >= 15 is 71.9 Å². The fraction of sp³-hybridized carbons (Fsp3) is 0.238. The zero-order valence-electron chi connectivity index (χ0n) is 65.6. The van der Waals surface area contributed by atoms with Crippen LogP contribution in [0.15, 0.2) is 166 Å². The number of rotatable bonds is 12. The summed E-state index contributed by atoms with van der Waals surface area (Å²) in [7, 11) is 0. The van der Waals surface area contributed by atoms with Crippen molar-refractivity contribution in [1.29, 1.82) is 0 Å². The number of amides is 8. The number of nitrogens with zero attached hydrogens (tertiary/aromatic N) is 8. The van der Waals surface area contributed by atoms with Crippen LogP contribution in [-0.4, -0.2) is 139 Å². The van der Waals surface area contributed by atoms with Crippen LogP contribution in [-0.2, 0) is 83.2 Å². The molecule has 8 aromatic rings.